The van der Waals surface area contributed by atoms with Gasteiger partial charge in [-0.25, -0.2) is 4.79 Å². The van der Waals surface area contributed by atoms with Crippen molar-refractivity contribution in [2.75, 3.05) is 6.61 Å². The van der Waals surface area contributed by atoms with Gasteiger partial charge in [0.25, 0.3) is 0 Å². The van der Waals surface area contributed by atoms with Gasteiger partial charge in [0.1, 0.15) is 0 Å². The third-order valence-electron chi connectivity index (χ3n) is 4.16. The SMILES string of the molecule is Cn1c(=O)n(C)c2cc(C(Br)C3CCCCO3)ccc21. The van der Waals surface area contributed by atoms with Gasteiger partial charge in [-0.1, -0.05) is 22.0 Å². The van der Waals surface area contributed by atoms with Gasteiger partial charge in [0.15, 0.2) is 0 Å². The van der Waals surface area contributed by atoms with Crippen LogP contribution in [0.25, 0.3) is 11.0 Å². The number of halogens is 1. The van der Waals surface area contributed by atoms with Crippen LogP contribution in [0.3, 0.4) is 0 Å². The van der Waals surface area contributed by atoms with E-state index in [1.165, 1.54) is 12.0 Å². The summed E-state index contributed by atoms with van der Waals surface area (Å²) < 4.78 is 9.22. The van der Waals surface area contributed by atoms with Crippen molar-refractivity contribution in [1.82, 2.24) is 9.13 Å². The molecule has 20 heavy (non-hydrogen) atoms. The number of nitrogens with zero attached hydrogens (tertiary/aromatic N) is 2. The van der Waals surface area contributed by atoms with Crippen LogP contribution in [0.15, 0.2) is 23.0 Å². The summed E-state index contributed by atoms with van der Waals surface area (Å²) in [6.07, 6.45) is 3.69. The van der Waals surface area contributed by atoms with Crippen LogP contribution in [0, 0.1) is 0 Å². The third kappa shape index (κ3) is 2.23. The average Bonchev–Trinajstić information content (AvgIpc) is 2.72. The van der Waals surface area contributed by atoms with Gasteiger partial charge in [-0.3, -0.25) is 9.13 Å². The Bertz CT molecular complexity index is 683. The Morgan fingerprint density at radius 3 is 2.70 bits per heavy atom. The highest BCUT2D eigenvalue weighted by Crippen LogP contribution is 2.34. The quantitative estimate of drug-likeness (QED) is 0.789. The van der Waals surface area contributed by atoms with Crippen molar-refractivity contribution in [2.24, 2.45) is 14.1 Å². The number of rotatable bonds is 2. The second kappa shape index (κ2) is 5.37. The molecule has 3 rings (SSSR count). The van der Waals surface area contributed by atoms with Crippen molar-refractivity contribution in [3.63, 3.8) is 0 Å². The van der Waals surface area contributed by atoms with E-state index in [2.05, 4.69) is 28.1 Å². The van der Waals surface area contributed by atoms with Gasteiger partial charge in [-0.05, 0) is 37.0 Å². The number of fused-ring (bicyclic) bond motifs is 1. The first kappa shape index (κ1) is 13.9. The van der Waals surface area contributed by atoms with Crippen LogP contribution in [-0.4, -0.2) is 21.8 Å². The first-order valence-electron chi connectivity index (χ1n) is 7.00. The topological polar surface area (TPSA) is 36.2 Å². The molecule has 2 atom stereocenters. The van der Waals surface area contributed by atoms with Crippen LogP contribution in [0.1, 0.15) is 29.7 Å². The van der Waals surface area contributed by atoms with Crippen LogP contribution >= 0.6 is 15.9 Å². The standard InChI is InChI=1S/C15H19BrN2O2/c1-17-11-7-6-10(9-12(11)18(2)15(17)19)14(16)13-5-3-4-8-20-13/h6-7,9,13-14H,3-5,8H2,1-2H3. The number of benzene rings is 1. The second-order valence-corrected chi connectivity index (χ2v) is 6.44. The number of alkyl halides is 1. The molecule has 2 aromatic rings. The average molecular weight is 339 g/mol. The zero-order chi connectivity index (χ0) is 14.3. The molecule has 2 unspecified atom stereocenters. The molecule has 0 amide bonds. The van der Waals surface area contributed by atoms with Crippen molar-refractivity contribution in [3.05, 3.63) is 34.2 Å². The van der Waals surface area contributed by atoms with E-state index >= 15 is 0 Å². The molecule has 4 nitrogen and oxygen atoms in total. The van der Waals surface area contributed by atoms with E-state index < -0.39 is 0 Å². The van der Waals surface area contributed by atoms with Crippen LogP contribution in [0.4, 0.5) is 0 Å². The normalized spacial score (nSPS) is 21.2. The first-order chi connectivity index (χ1) is 9.59. The Labute approximate surface area is 126 Å². The number of aromatic nitrogens is 2. The van der Waals surface area contributed by atoms with Gasteiger partial charge in [-0.15, -0.1) is 0 Å². The number of hydrogen-bond acceptors (Lipinski definition) is 2. The smallest absolute Gasteiger partial charge is 0.328 e. The number of hydrogen-bond donors (Lipinski definition) is 0. The van der Waals surface area contributed by atoms with Crippen LogP contribution in [0.2, 0.25) is 0 Å². The molecule has 0 radical (unpaired) electrons. The fourth-order valence-corrected chi connectivity index (χ4v) is 3.61. The molecule has 0 spiro atoms. The molecular formula is C15H19BrN2O2. The van der Waals surface area contributed by atoms with Crippen molar-refractivity contribution in [3.8, 4) is 0 Å². The monoisotopic (exact) mass is 338 g/mol. The molecule has 1 aromatic heterocycles. The van der Waals surface area contributed by atoms with Crippen LogP contribution in [0.5, 0.6) is 0 Å². The maximum Gasteiger partial charge on any atom is 0.328 e. The Kier molecular flexibility index (Phi) is 3.73. The first-order valence-corrected chi connectivity index (χ1v) is 7.92. The lowest BCUT2D eigenvalue weighted by Gasteiger charge is -2.27. The maximum absolute atomic E-state index is 12.0. The molecule has 0 saturated carbocycles. The van der Waals surface area contributed by atoms with E-state index in [4.69, 9.17) is 4.74 Å². The summed E-state index contributed by atoms with van der Waals surface area (Å²) in [5.74, 6) is 0. The minimum Gasteiger partial charge on any atom is -0.377 e. The van der Waals surface area contributed by atoms with Crippen LogP contribution in [-0.2, 0) is 18.8 Å². The molecule has 0 N–H and O–H groups in total. The molecule has 5 heteroatoms. The summed E-state index contributed by atoms with van der Waals surface area (Å²) in [4.78, 5) is 12.1. The molecule has 0 aliphatic carbocycles. The lowest BCUT2D eigenvalue weighted by Crippen LogP contribution is -2.23. The molecule has 2 heterocycles. The Morgan fingerprint density at radius 2 is 2.00 bits per heavy atom. The minimum atomic E-state index is 0.0113. The summed E-state index contributed by atoms with van der Waals surface area (Å²) >= 11 is 3.76. The number of imidazole rings is 1. The summed E-state index contributed by atoms with van der Waals surface area (Å²) in [6, 6.07) is 6.19. The fourth-order valence-electron chi connectivity index (χ4n) is 2.91. The highest BCUT2D eigenvalue weighted by molar-refractivity contribution is 9.09. The molecule has 1 aliphatic rings. The summed E-state index contributed by atoms with van der Waals surface area (Å²) in [5, 5.41) is 0. The predicted octanol–water partition coefficient (Wildman–Crippen LogP) is 2.88. The third-order valence-corrected chi connectivity index (χ3v) is 5.27. The van der Waals surface area contributed by atoms with E-state index in [0.29, 0.717) is 0 Å². The lowest BCUT2D eigenvalue weighted by atomic mass is 10.0. The lowest BCUT2D eigenvalue weighted by molar-refractivity contribution is 0.0161. The summed E-state index contributed by atoms with van der Waals surface area (Å²) in [6.45, 7) is 0.846. The Balaban J connectivity index is 2.00. The van der Waals surface area contributed by atoms with E-state index in [9.17, 15) is 4.79 Å². The van der Waals surface area contributed by atoms with Crippen molar-refractivity contribution in [2.45, 2.75) is 30.2 Å². The van der Waals surface area contributed by atoms with E-state index in [-0.39, 0.29) is 16.6 Å². The maximum atomic E-state index is 12.0. The predicted molar refractivity (Wildman–Crippen MR) is 83.4 cm³/mol. The molecule has 1 fully saturated rings. The summed E-state index contributed by atoms with van der Waals surface area (Å²) in [7, 11) is 3.62. The van der Waals surface area contributed by atoms with Gasteiger partial charge < -0.3 is 4.74 Å². The van der Waals surface area contributed by atoms with Gasteiger partial charge in [0, 0.05) is 20.7 Å². The van der Waals surface area contributed by atoms with E-state index in [0.717, 1.165) is 30.5 Å². The van der Waals surface area contributed by atoms with E-state index in [1.54, 1.807) is 16.2 Å². The number of ether oxygens (including phenoxy) is 1. The largest absolute Gasteiger partial charge is 0.377 e. The van der Waals surface area contributed by atoms with Crippen LogP contribution < -0.4 is 5.69 Å². The van der Waals surface area contributed by atoms with Gasteiger partial charge in [0.05, 0.1) is 22.0 Å². The second-order valence-electron chi connectivity index (χ2n) is 5.46. The summed E-state index contributed by atoms with van der Waals surface area (Å²) in [5.41, 5.74) is 3.11. The van der Waals surface area contributed by atoms with Gasteiger partial charge in [0.2, 0.25) is 0 Å². The molecule has 1 aliphatic heterocycles. The number of aryl methyl sites for hydroxylation is 2. The van der Waals surface area contributed by atoms with Crippen molar-refractivity contribution in [1.29, 1.82) is 0 Å². The fraction of sp³-hybridized carbons (Fsp3) is 0.533. The highest BCUT2D eigenvalue weighted by atomic mass is 79.9. The molecule has 0 bridgehead atoms. The Morgan fingerprint density at radius 1 is 1.25 bits per heavy atom. The zero-order valence-electron chi connectivity index (χ0n) is 11.8. The van der Waals surface area contributed by atoms with Gasteiger partial charge in [-0.2, -0.15) is 0 Å². The minimum absolute atomic E-state index is 0.0113. The zero-order valence-corrected chi connectivity index (χ0v) is 13.4. The highest BCUT2D eigenvalue weighted by Gasteiger charge is 2.24. The van der Waals surface area contributed by atoms with E-state index in [1.807, 2.05) is 13.1 Å². The molecule has 1 aromatic carbocycles. The Hall–Kier alpha value is -1.07. The molecule has 108 valence electrons. The molecular weight excluding hydrogens is 320 g/mol. The van der Waals surface area contributed by atoms with Crippen molar-refractivity contribution < 1.29 is 4.74 Å². The van der Waals surface area contributed by atoms with Crippen molar-refractivity contribution >= 4 is 27.0 Å². The molecule has 1 saturated heterocycles. The van der Waals surface area contributed by atoms with Gasteiger partial charge >= 0.3 is 5.69 Å².